The van der Waals surface area contributed by atoms with Gasteiger partial charge in [-0.2, -0.15) is 0 Å². The Morgan fingerprint density at radius 3 is 1.85 bits per heavy atom. The fourth-order valence-electron chi connectivity index (χ4n) is 2.15. The zero-order valence-corrected chi connectivity index (χ0v) is 18.2. The van der Waals surface area contributed by atoms with Crippen LogP contribution in [0.2, 0.25) is 0 Å². The van der Waals surface area contributed by atoms with Crippen LogP contribution < -0.4 is 32.7 Å². The average molecular weight is 494 g/mol. The number of hydrogen-bond donors (Lipinski definition) is 9. The zero-order chi connectivity index (χ0) is 26.1. The number of nitrogens with two attached hydrogens (primary N) is 2. The predicted octanol–water partition coefficient (Wildman–Crippen LogP) is -5.91. The Kier molecular flexibility index (Phi) is 15.2. The third-order valence-corrected chi connectivity index (χ3v) is 3.84. The number of carbonyl (C=O) groups excluding carboxylic acids is 5. The van der Waals surface area contributed by atoms with E-state index >= 15 is 0 Å². The second-order valence-corrected chi connectivity index (χ2v) is 6.57. The molecular formula is C17H30N6O11. The summed E-state index contributed by atoms with van der Waals surface area (Å²) in [5.74, 6) is -4.82. The summed E-state index contributed by atoms with van der Waals surface area (Å²) in [6, 6.07) is -5.21. The van der Waals surface area contributed by atoms with Crippen LogP contribution in [0, 0.1) is 0 Å². The lowest BCUT2D eigenvalue weighted by Crippen LogP contribution is -2.56. The number of aliphatic carboxylic acids is 1. The Hall–Kier alpha value is -3.54. The van der Waals surface area contributed by atoms with E-state index in [4.69, 9.17) is 31.2 Å². The van der Waals surface area contributed by atoms with Gasteiger partial charge in [-0.25, -0.2) is 4.79 Å². The molecule has 0 saturated carbocycles. The Bertz CT molecular complexity index is 720. The minimum atomic E-state index is -1.51. The van der Waals surface area contributed by atoms with E-state index in [1.165, 1.54) is 0 Å². The van der Waals surface area contributed by atoms with Gasteiger partial charge in [-0.15, -0.1) is 0 Å². The molecule has 0 spiro atoms. The molecule has 0 aromatic carbocycles. The summed E-state index contributed by atoms with van der Waals surface area (Å²) < 4.78 is 10.2. The minimum Gasteiger partial charge on any atom is -0.481 e. The van der Waals surface area contributed by atoms with Crippen molar-refractivity contribution in [2.45, 2.75) is 24.5 Å². The molecule has 11 N–H and O–H groups in total. The first-order valence-electron chi connectivity index (χ1n) is 9.83. The molecule has 34 heavy (non-hydrogen) atoms. The SMILES string of the molecule is NC(=O)[C@H](CO)NC(=O)COCCOCCNC(=O)[C@@H](CO)NC(=O)N[C@H](CC(=O)O)C(N)=O. The van der Waals surface area contributed by atoms with Crippen LogP contribution in [0.5, 0.6) is 0 Å². The van der Waals surface area contributed by atoms with Crippen LogP contribution in [-0.4, -0.2) is 115 Å². The molecule has 6 amide bonds. The van der Waals surface area contributed by atoms with E-state index in [1.807, 2.05) is 5.32 Å². The third-order valence-electron chi connectivity index (χ3n) is 3.84. The highest BCUT2D eigenvalue weighted by molar-refractivity contribution is 5.91. The quantitative estimate of drug-likeness (QED) is 0.0808. The van der Waals surface area contributed by atoms with Crippen molar-refractivity contribution >= 4 is 35.6 Å². The fourth-order valence-corrected chi connectivity index (χ4v) is 2.15. The van der Waals surface area contributed by atoms with Gasteiger partial charge in [0.25, 0.3) is 0 Å². The molecule has 194 valence electrons. The van der Waals surface area contributed by atoms with Crippen LogP contribution in [0.4, 0.5) is 4.79 Å². The number of amides is 6. The van der Waals surface area contributed by atoms with E-state index in [0.717, 1.165) is 0 Å². The molecule has 0 heterocycles. The molecule has 0 fully saturated rings. The smallest absolute Gasteiger partial charge is 0.316 e. The molecule has 0 aromatic rings. The van der Waals surface area contributed by atoms with E-state index in [-0.39, 0.29) is 26.4 Å². The molecule has 0 aliphatic carbocycles. The first kappa shape index (κ1) is 30.5. The number of aliphatic hydroxyl groups excluding tert-OH is 2. The molecule has 0 radical (unpaired) electrons. The molecule has 3 atom stereocenters. The van der Waals surface area contributed by atoms with Gasteiger partial charge in [0.1, 0.15) is 24.7 Å². The van der Waals surface area contributed by atoms with Crippen LogP contribution in [-0.2, 0) is 33.4 Å². The predicted molar refractivity (Wildman–Crippen MR) is 111 cm³/mol. The lowest BCUT2D eigenvalue weighted by atomic mass is 10.2. The normalized spacial score (nSPS) is 13.1. The largest absolute Gasteiger partial charge is 0.481 e. The van der Waals surface area contributed by atoms with Gasteiger partial charge in [-0.3, -0.25) is 24.0 Å². The number of carboxylic acid groups (broad SMARTS) is 1. The minimum absolute atomic E-state index is 0.0000932. The van der Waals surface area contributed by atoms with Crippen molar-refractivity contribution in [1.82, 2.24) is 21.3 Å². The highest BCUT2D eigenvalue weighted by Crippen LogP contribution is 1.92. The van der Waals surface area contributed by atoms with Gasteiger partial charge in [-0.05, 0) is 0 Å². The van der Waals surface area contributed by atoms with E-state index < -0.39 is 80.0 Å². The third kappa shape index (κ3) is 13.8. The van der Waals surface area contributed by atoms with Crippen LogP contribution >= 0.6 is 0 Å². The van der Waals surface area contributed by atoms with E-state index in [2.05, 4.69) is 16.0 Å². The maximum atomic E-state index is 12.0. The molecule has 17 nitrogen and oxygen atoms in total. The molecule has 0 aliphatic heterocycles. The van der Waals surface area contributed by atoms with Crippen molar-refractivity contribution in [2.24, 2.45) is 11.5 Å². The standard InChI is InChI=1S/C17H30N6O11/c18-14(29)9(5-13(27)28)22-17(32)23-11(7-25)16(31)20-1-2-33-3-4-34-8-12(26)21-10(6-24)15(19)30/h9-11,24-25H,1-8H2,(H2,18,29)(H2,19,30)(H,20,31)(H,21,26)(H,27,28)(H2,22,23,32)/t9-,10+,11-/m1/s1. The Balaban J connectivity index is 4.10. The highest BCUT2D eigenvalue weighted by atomic mass is 16.5. The lowest BCUT2D eigenvalue weighted by molar-refractivity contribution is -0.139. The summed E-state index contributed by atoms with van der Waals surface area (Å²) in [6.45, 7) is -1.79. The molecule has 17 heteroatoms. The molecule has 0 aliphatic rings. The summed E-state index contributed by atoms with van der Waals surface area (Å²) in [5.41, 5.74) is 9.95. The Morgan fingerprint density at radius 1 is 0.765 bits per heavy atom. The highest BCUT2D eigenvalue weighted by Gasteiger charge is 2.24. The number of carboxylic acids is 1. The second-order valence-electron chi connectivity index (χ2n) is 6.57. The van der Waals surface area contributed by atoms with Crippen LogP contribution in [0.3, 0.4) is 0 Å². The molecule has 0 aromatic heterocycles. The number of primary amides is 2. The zero-order valence-electron chi connectivity index (χ0n) is 18.2. The Morgan fingerprint density at radius 2 is 1.32 bits per heavy atom. The summed E-state index contributed by atoms with van der Waals surface area (Å²) in [7, 11) is 0. The summed E-state index contributed by atoms with van der Waals surface area (Å²) >= 11 is 0. The molecule has 0 unspecified atom stereocenters. The molecule has 0 rings (SSSR count). The van der Waals surface area contributed by atoms with Crippen molar-refractivity contribution in [1.29, 1.82) is 0 Å². The summed E-state index contributed by atoms with van der Waals surface area (Å²) in [6.07, 6.45) is -0.763. The number of rotatable bonds is 18. The van der Waals surface area contributed by atoms with Gasteiger partial charge in [-0.1, -0.05) is 0 Å². The summed E-state index contributed by atoms with van der Waals surface area (Å²) in [4.78, 5) is 68.0. The molecular weight excluding hydrogens is 464 g/mol. The first-order chi connectivity index (χ1) is 16.0. The van der Waals surface area contributed by atoms with Gasteiger partial charge in [0.2, 0.25) is 23.6 Å². The maximum Gasteiger partial charge on any atom is 0.316 e. The van der Waals surface area contributed by atoms with Gasteiger partial charge in [0.15, 0.2) is 0 Å². The van der Waals surface area contributed by atoms with E-state index in [1.54, 1.807) is 0 Å². The van der Waals surface area contributed by atoms with Crippen molar-refractivity contribution in [2.75, 3.05) is 46.2 Å². The monoisotopic (exact) mass is 494 g/mol. The van der Waals surface area contributed by atoms with Crippen molar-refractivity contribution in [3.05, 3.63) is 0 Å². The van der Waals surface area contributed by atoms with Gasteiger partial charge in [0.05, 0.1) is 39.5 Å². The van der Waals surface area contributed by atoms with Crippen molar-refractivity contribution in [3.8, 4) is 0 Å². The van der Waals surface area contributed by atoms with Crippen molar-refractivity contribution in [3.63, 3.8) is 0 Å². The number of aliphatic hydroxyl groups is 2. The van der Waals surface area contributed by atoms with E-state index in [9.17, 15) is 33.9 Å². The van der Waals surface area contributed by atoms with Gasteiger partial charge >= 0.3 is 12.0 Å². The summed E-state index contributed by atoms with van der Waals surface area (Å²) in [5, 5.41) is 35.4. The molecule has 0 saturated heterocycles. The first-order valence-corrected chi connectivity index (χ1v) is 9.83. The molecule has 0 bridgehead atoms. The van der Waals surface area contributed by atoms with Crippen LogP contribution in [0.1, 0.15) is 6.42 Å². The van der Waals surface area contributed by atoms with Gasteiger partial charge < -0.3 is 57.5 Å². The average Bonchev–Trinajstić information content (AvgIpc) is 2.76. The topological polar surface area (TPSA) is 282 Å². The number of hydrogen-bond acceptors (Lipinski definition) is 10. The number of nitrogens with one attached hydrogen (secondary N) is 4. The van der Waals surface area contributed by atoms with E-state index in [0.29, 0.717) is 0 Å². The van der Waals surface area contributed by atoms with Crippen LogP contribution in [0.25, 0.3) is 0 Å². The lowest BCUT2D eigenvalue weighted by Gasteiger charge is -2.19. The van der Waals surface area contributed by atoms with Crippen molar-refractivity contribution < 1.29 is 53.6 Å². The van der Waals surface area contributed by atoms with Crippen LogP contribution in [0.15, 0.2) is 0 Å². The Labute approximate surface area is 193 Å². The number of urea groups is 1. The van der Waals surface area contributed by atoms with Gasteiger partial charge in [0, 0.05) is 6.54 Å². The fraction of sp³-hybridized carbons (Fsp3) is 0.647. The number of ether oxygens (including phenoxy) is 2. The maximum absolute atomic E-state index is 12.0. The number of carbonyl (C=O) groups is 6. The second kappa shape index (κ2) is 17.0.